The second kappa shape index (κ2) is 7.55. The minimum Gasteiger partial charge on any atom is -0.337 e. The maximum absolute atomic E-state index is 12.9. The molecule has 2 aromatic carbocycles. The van der Waals surface area contributed by atoms with E-state index in [0.717, 1.165) is 23.1 Å². The quantitative estimate of drug-likeness (QED) is 0.714. The predicted molar refractivity (Wildman–Crippen MR) is 95.7 cm³/mol. The summed E-state index contributed by atoms with van der Waals surface area (Å²) in [6, 6.07) is 21.9. The third-order valence-corrected chi connectivity index (χ3v) is 3.97. The Kier molecular flexibility index (Phi) is 5.02. The number of rotatable bonds is 5. The first kappa shape index (κ1) is 15.9. The van der Waals surface area contributed by atoms with Gasteiger partial charge in [-0.05, 0) is 35.2 Å². The first-order valence-electron chi connectivity index (χ1n) is 8.00. The highest BCUT2D eigenvalue weighted by Gasteiger charge is 2.15. The molecule has 0 aliphatic rings. The van der Waals surface area contributed by atoms with Gasteiger partial charge in [0.05, 0.1) is 0 Å². The Bertz CT molecular complexity index is 800. The van der Waals surface area contributed by atoms with Crippen molar-refractivity contribution in [2.75, 3.05) is 7.05 Å². The Morgan fingerprint density at radius 2 is 1.62 bits per heavy atom. The Labute approximate surface area is 142 Å². The summed E-state index contributed by atoms with van der Waals surface area (Å²) in [4.78, 5) is 18.7. The molecule has 0 N–H and O–H groups in total. The Balaban J connectivity index is 1.79. The van der Waals surface area contributed by atoms with Gasteiger partial charge in [-0.2, -0.15) is 0 Å². The van der Waals surface area contributed by atoms with Gasteiger partial charge in [0.25, 0.3) is 5.91 Å². The monoisotopic (exact) mass is 316 g/mol. The predicted octanol–water partition coefficient (Wildman–Crippen LogP) is 3.94. The van der Waals surface area contributed by atoms with E-state index in [1.807, 2.05) is 61.6 Å². The molecule has 3 rings (SSSR count). The van der Waals surface area contributed by atoms with Gasteiger partial charge in [-0.25, -0.2) is 0 Å². The van der Waals surface area contributed by atoms with Crippen LogP contribution in [0.25, 0.3) is 0 Å². The van der Waals surface area contributed by atoms with Crippen molar-refractivity contribution in [2.24, 2.45) is 0 Å². The van der Waals surface area contributed by atoms with Crippen molar-refractivity contribution in [3.8, 4) is 0 Å². The summed E-state index contributed by atoms with van der Waals surface area (Å²) in [6.45, 7) is 0.548. The summed E-state index contributed by atoms with van der Waals surface area (Å²) in [6.07, 6.45) is 4.28. The molecule has 1 amide bonds. The van der Waals surface area contributed by atoms with Crippen LogP contribution in [0.5, 0.6) is 0 Å². The summed E-state index contributed by atoms with van der Waals surface area (Å²) in [5.74, 6) is 0.0328. The fourth-order valence-electron chi connectivity index (χ4n) is 2.74. The molecule has 0 saturated heterocycles. The second-order valence-corrected chi connectivity index (χ2v) is 5.84. The van der Waals surface area contributed by atoms with Crippen molar-refractivity contribution in [2.45, 2.75) is 13.0 Å². The van der Waals surface area contributed by atoms with Gasteiger partial charge < -0.3 is 4.90 Å². The summed E-state index contributed by atoms with van der Waals surface area (Å²) in [5.41, 5.74) is 4.03. The summed E-state index contributed by atoms with van der Waals surface area (Å²) in [7, 11) is 1.83. The van der Waals surface area contributed by atoms with Gasteiger partial charge in [-0.1, -0.05) is 54.6 Å². The molecule has 0 spiro atoms. The number of pyridine rings is 1. The van der Waals surface area contributed by atoms with E-state index in [1.54, 1.807) is 17.3 Å². The van der Waals surface area contributed by atoms with Crippen LogP contribution >= 0.6 is 0 Å². The number of aromatic nitrogens is 1. The zero-order valence-electron chi connectivity index (χ0n) is 13.7. The number of carbonyl (C=O) groups is 1. The van der Waals surface area contributed by atoms with Crippen LogP contribution in [-0.4, -0.2) is 22.8 Å². The van der Waals surface area contributed by atoms with E-state index in [2.05, 4.69) is 17.1 Å². The van der Waals surface area contributed by atoms with Crippen molar-refractivity contribution >= 4 is 5.91 Å². The van der Waals surface area contributed by atoms with Crippen molar-refractivity contribution < 1.29 is 4.79 Å². The standard InChI is InChI=1S/C21H20N2O/c1-23(16-18-10-7-13-22-15-18)21(24)20-12-6-5-11-19(20)14-17-8-3-2-4-9-17/h2-13,15H,14,16H2,1H3. The smallest absolute Gasteiger partial charge is 0.254 e. The van der Waals surface area contributed by atoms with Gasteiger partial charge in [0, 0.05) is 31.5 Å². The minimum atomic E-state index is 0.0328. The molecule has 120 valence electrons. The van der Waals surface area contributed by atoms with E-state index in [9.17, 15) is 4.79 Å². The van der Waals surface area contributed by atoms with Crippen molar-refractivity contribution in [3.05, 3.63) is 101 Å². The molecule has 0 aliphatic heterocycles. The highest BCUT2D eigenvalue weighted by Crippen LogP contribution is 2.17. The summed E-state index contributed by atoms with van der Waals surface area (Å²) >= 11 is 0. The number of amides is 1. The Morgan fingerprint density at radius 1 is 0.917 bits per heavy atom. The van der Waals surface area contributed by atoms with Crippen LogP contribution in [0.2, 0.25) is 0 Å². The molecule has 24 heavy (non-hydrogen) atoms. The zero-order valence-corrected chi connectivity index (χ0v) is 13.7. The third-order valence-electron chi connectivity index (χ3n) is 3.97. The number of benzene rings is 2. The van der Waals surface area contributed by atoms with Crippen LogP contribution in [0.15, 0.2) is 79.1 Å². The van der Waals surface area contributed by atoms with Crippen LogP contribution in [-0.2, 0) is 13.0 Å². The van der Waals surface area contributed by atoms with Gasteiger partial charge in [0.1, 0.15) is 0 Å². The van der Waals surface area contributed by atoms with Crippen molar-refractivity contribution in [3.63, 3.8) is 0 Å². The zero-order chi connectivity index (χ0) is 16.8. The number of nitrogens with zero attached hydrogens (tertiary/aromatic N) is 2. The van der Waals surface area contributed by atoms with Crippen LogP contribution in [0.1, 0.15) is 27.0 Å². The van der Waals surface area contributed by atoms with E-state index < -0.39 is 0 Å². The Morgan fingerprint density at radius 3 is 2.38 bits per heavy atom. The number of carbonyl (C=O) groups excluding carboxylic acids is 1. The molecule has 1 heterocycles. The second-order valence-electron chi connectivity index (χ2n) is 5.84. The molecule has 3 aromatic rings. The molecule has 0 unspecified atom stereocenters. The lowest BCUT2D eigenvalue weighted by Gasteiger charge is -2.19. The summed E-state index contributed by atoms with van der Waals surface area (Å²) < 4.78 is 0. The average molecular weight is 316 g/mol. The van der Waals surface area contributed by atoms with Crippen LogP contribution in [0.4, 0.5) is 0 Å². The van der Waals surface area contributed by atoms with Crippen LogP contribution < -0.4 is 0 Å². The molecule has 0 aliphatic carbocycles. The Hall–Kier alpha value is -2.94. The third kappa shape index (κ3) is 3.87. The lowest BCUT2D eigenvalue weighted by molar-refractivity contribution is 0.0784. The van der Waals surface area contributed by atoms with E-state index in [4.69, 9.17) is 0 Å². The minimum absolute atomic E-state index is 0.0328. The normalized spacial score (nSPS) is 10.4. The van der Waals surface area contributed by atoms with Crippen LogP contribution in [0, 0.1) is 0 Å². The molecule has 3 heteroatoms. The van der Waals surface area contributed by atoms with Gasteiger partial charge in [0.2, 0.25) is 0 Å². The first-order chi connectivity index (χ1) is 11.7. The van der Waals surface area contributed by atoms with Crippen molar-refractivity contribution in [1.82, 2.24) is 9.88 Å². The SMILES string of the molecule is CN(Cc1cccnc1)C(=O)c1ccccc1Cc1ccccc1. The molecule has 0 atom stereocenters. The van der Waals surface area contributed by atoms with E-state index in [0.29, 0.717) is 6.54 Å². The van der Waals surface area contributed by atoms with Gasteiger partial charge >= 0.3 is 0 Å². The molecule has 0 fully saturated rings. The molecule has 1 aromatic heterocycles. The fraction of sp³-hybridized carbons (Fsp3) is 0.143. The van der Waals surface area contributed by atoms with E-state index in [1.165, 1.54) is 5.56 Å². The first-order valence-corrected chi connectivity index (χ1v) is 8.00. The highest BCUT2D eigenvalue weighted by molar-refractivity contribution is 5.95. The largest absolute Gasteiger partial charge is 0.337 e. The number of hydrogen-bond donors (Lipinski definition) is 0. The topological polar surface area (TPSA) is 33.2 Å². The van der Waals surface area contributed by atoms with Gasteiger partial charge in [0.15, 0.2) is 0 Å². The van der Waals surface area contributed by atoms with Gasteiger partial charge in [-0.3, -0.25) is 9.78 Å². The van der Waals surface area contributed by atoms with Gasteiger partial charge in [-0.15, -0.1) is 0 Å². The lowest BCUT2D eigenvalue weighted by atomic mass is 9.99. The molecule has 0 radical (unpaired) electrons. The average Bonchev–Trinajstić information content (AvgIpc) is 2.63. The fourth-order valence-corrected chi connectivity index (χ4v) is 2.74. The van der Waals surface area contributed by atoms with E-state index >= 15 is 0 Å². The molecular formula is C21H20N2O. The maximum atomic E-state index is 12.9. The summed E-state index contributed by atoms with van der Waals surface area (Å²) in [5, 5.41) is 0. The van der Waals surface area contributed by atoms with Crippen LogP contribution in [0.3, 0.4) is 0 Å². The van der Waals surface area contributed by atoms with Crippen molar-refractivity contribution in [1.29, 1.82) is 0 Å². The number of hydrogen-bond acceptors (Lipinski definition) is 2. The molecular weight excluding hydrogens is 296 g/mol. The van der Waals surface area contributed by atoms with E-state index in [-0.39, 0.29) is 5.91 Å². The highest BCUT2D eigenvalue weighted by atomic mass is 16.2. The molecule has 3 nitrogen and oxygen atoms in total. The lowest BCUT2D eigenvalue weighted by Crippen LogP contribution is -2.27. The molecule has 0 saturated carbocycles. The molecule has 0 bridgehead atoms. The maximum Gasteiger partial charge on any atom is 0.254 e.